The maximum Gasteiger partial charge on any atom is 0.118 e. The van der Waals surface area contributed by atoms with Crippen LogP contribution in [-0.4, -0.2) is 11.7 Å². The molecule has 2 rings (SSSR count). The molecule has 1 atom stereocenters. The van der Waals surface area contributed by atoms with Crippen molar-refractivity contribution in [1.82, 2.24) is 5.32 Å². The van der Waals surface area contributed by atoms with E-state index in [1.54, 1.807) is 6.07 Å². The van der Waals surface area contributed by atoms with Crippen LogP contribution < -0.4 is 5.32 Å². The van der Waals surface area contributed by atoms with E-state index in [0.29, 0.717) is 11.8 Å². The number of halogens is 1. The highest BCUT2D eigenvalue weighted by Gasteiger charge is 2.16. The Bertz CT molecular complexity index is 308. The van der Waals surface area contributed by atoms with E-state index in [4.69, 9.17) is 0 Å². The van der Waals surface area contributed by atoms with Gasteiger partial charge in [0.05, 0.1) is 0 Å². The summed E-state index contributed by atoms with van der Waals surface area (Å²) in [4.78, 5) is 0. The summed E-state index contributed by atoms with van der Waals surface area (Å²) < 4.78 is 0. The van der Waals surface area contributed by atoms with Crippen LogP contribution in [0.2, 0.25) is 0 Å². The fraction of sp³-hybridized carbons (Fsp3) is 0.455. The molecule has 1 aliphatic rings. The molecule has 0 saturated carbocycles. The number of hydrogen-bond acceptors (Lipinski definition) is 2. The van der Waals surface area contributed by atoms with Gasteiger partial charge >= 0.3 is 0 Å². The molecule has 1 saturated heterocycles. The zero-order chi connectivity index (χ0) is 9.26. The quantitative estimate of drug-likeness (QED) is 0.752. The van der Waals surface area contributed by atoms with E-state index in [1.165, 1.54) is 18.4 Å². The number of aryl methyl sites for hydroxylation is 1. The number of hydrogen-bond donors (Lipinski definition) is 2. The predicted molar refractivity (Wildman–Crippen MR) is 60.1 cm³/mol. The molecule has 0 spiro atoms. The van der Waals surface area contributed by atoms with Crippen molar-refractivity contribution >= 4 is 12.4 Å². The van der Waals surface area contributed by atoms with Crippen LogP contribution in [0.25, 0.3) is 0 Å². The van der Waals surface area contributed by atoms with Crippen LogP contribution in [0.15, 0.2) is 18.2 Å². The van der Waals surface area contributed by atoms with Gasteiger partial charge in [-0.2, -0.15) is 0 Å². The van der Waals surface area contributed by atoms with Crippen molar-refractivity contribution in [3.8, 4) is 5.75 Å². The average Bonchev–Trinajstić information content (AvgIpc) is 2.62. The van der Waals surface area contributed by atoms with Gasteiger partial charge in [0.1, 0.15) is 5.75 Å². The SMILES string of the molecule is Cc1cc([C@@H]2CCCN2)ccc1O.Cl. The lowest BCUT2D eigenvalue weighted by Crippen LogP contribution is -2.12. The van der Waals surface area contributed by atoms with E-state index in [9.17, 15) is 5.11 Å². The molecule has 2 nitrogen and oxygen atoms in total. The van der Waals surface area contributed by atoms with Gasteiger partial charge in [-0.15, -0.1) is 12.4 Å². The number of phenolic OH excluding ortho intramolecular Hbond substituents is 1. The summed E-state index contributed by atoms with van der Waals surface area (Å²) in [5.74, 6) is 0.391. The van der Waals surface area contributed by atoms with Crippen LogP contribution in [0.5, 0.6) is 5.75 Å². The third-order valence-electron chi connectivity index (χ3n) is 2.68. The highest BCUT2D eigenvalue weighted by Crippen LogP contribution is 2.26. The molecule has 1 aliphatic heterocycles. The van der Waals surface area contributed by atoms with Crippen molar-refractivity contribution in [3.05, 3.63) is 29.3 Å². The maximum atomic E-state index is 9.37. The minimum atomic E-state index is 0. The summed E-state index contributed by atoms with van der Waals surface area (Å²) >= 11 is 0. The summed E-state index contributed by atoms with van der Waals surface area (Å²) in [5.41, 5.74) is 2.26. The Morgan fingerprint density at radius 2 is 2.21 bits per heavy atom. The van der Waals surface area contributed by atoms with E-state index >= 15 is 0 Å². The molecule has 0 amide bonds. The molecule has 0 bridgehead atoms. The van der Waals surface area contributed by atoms with Crippen LogP contribution in [0.4, 0.5) is 0 Å². The molecule has 1 fully saturated rings. The Morgan fingerprint density at radius 3 is 2.79 bits per heavy atom. The van der Waals surface area contributed by atoms with Gasteiger partial charge in [0.2, 0.25) is 0 Å². The minimum absolute atomic E-state index is 0. The number of nitrogens with one attached hydrogen (secondary N) is 1. The molecule has 1 heterocycles. The molecule has 78 valence electrons. The second-order valence-corrected chi connectivity index (χ2v) is 3.69. The molecule has 0 unspecified atom stereocenters. The van der Waals surface area contributed by atoms with Gasteiger partial charge < -0.3 is 10.4 Å². The first-order valence-electron chi connectivity index (χ1n) is 4.80. The van der Waals surface area contributed by atoms with Gasteiger partial charge in [-0.25, -0.2) is 0 Å². The Morgan fingerprint density at radius 1 is 1.43 bits per heavy atom. The molecule has 3 heteroatoms. The second-order valence-electron chi connectivity index (χ2n) is 3.69. The van der Waals surface area contributed by atoms with E-state index in [2.05, 4.69) is 11.4 Å². The van der Waals surface area contributed by atoms with Gasteiger partial charge in [0, 0.05) is 6.04 Å². The van der Waals surface area contributed by atoms with Gasteiger partial charge in [0.15, 0.2) is 0 Å². The Kier molecular flexibility index (Phi) is 3.78. The third-order valence-corrected chi connectivity index (χ3v) is 2.68. The Hall–Kier alpha value is -0.730. The van der Waals surface area contributed by atoms with Crippen LogP contribution in [-0.2, 0) is 0 Å². The number of phenols is 1. The summed E-state index contributed by atoms with van der Waals surface area (Å²) in [6.45, 7) is 3.05. The van der Waals surface area contributed by atoms with Gasteiger partial charge in [0.25, 0.3) is 0 Å². The summed E-state index contributed by atoms with van der Waals surface area (Å²) in [6, 6.07) is 6.35. The van der Waals surface area contributed by atoms with Gasteiger partial charge in [-0.05, 0) is 43.5 Å². The van der Waals surface area contributed by atoms with E-state index in [1.807, 2.05) is 13.0 Å². The fourth-order valence-electron chi connectivity index (χ4n) is 1.86. The van der Waals surface area contributed by atoms with Crippen LogP contribution in [0.3, 0.4) is 0 Å². The van der Waals surface area contributed by atoms with Gasteiger partial charge in [-0.1, -0.05) is 12.1 Å². The molecular formula is C11H16ClNO. The molecular weight excluding hydrogens is 198 g/mol. The molecule has 0 aromatic heterocycles. The van der Waals surface area contributed by atoms with Crippen molar-refractivity contribution in [3.63, 3.8) is 0 Å². The molecule has 0 radical (unpaired) electrons. The average molecular weight is 214 g/mol. The van der Waals surface area contributed by atoms with Crippen LogP contribution in [0.1, 0.15) is 30.0 Å². The highest BCUT2D eigenvalue weighted by atomic mass is 35.5. The molecule has 2 N–H and O–H groups in total. The molecule has 0 aliphatic carbocycles. The summed E-state index contributed by atoms with van der Waals surface area (Å²) in [5, 5.41) is 12.8. The number of aromatic hydroxyl groups is 1. The number of rotatable bonds is 1. The largest absolute Gasteiger partial charge is 0.508 e. The zero-order valence-corrected chi connectivity index (χ0v) is 9.10. The lowest BCUT2D eigenvalue weighted by Gasteiger charge is -2.11. The Labute approximate surface area is 90.7 Å². The third kappa shape index (κ3) is 2.20. The normalized spacial score (nSPS) is 20.5. The van der Waals surface area contributed by atoms with Gasteiger partial charge in [-0.3, -0.25) is 0 Å². The zero-order valence-electron chi connectivity index (χ0n) is 8.29. The van der Waals surface area contributed by atoms with Crippen LogP contribution >= 0.6 is 12.4 Å². The van der Waals surface area contributed by atoms with Crippen molar-refractivity contribution in [2.24, 2.45) is 0 Å². The standard InChI is InChI=1S/C11H15NO.ClH/c1-8-7-9(4-5-11(8)13)10-3-2-6-12-10;/h4-5,7,10,12-13H,2-3,6H2,1H3;1H/t10-;/m0./s1. The molecule has 1 aromatic rings. The number of benzene rings is 1. The first-order valence-corrected chi connectivity index (χ1v) is 4.80. The van der Waals surface area contributed by atoms with Crippen LogP contribution in [0, 0.1) is 6.92 Å². The minimum Gasteiger partial charge on any atom is -0.508 e. The second kappa shape index (κ2) is 4.67. The topological polar surface area (TPSA) is 32.3 Å². The lowest BCUT2D eigenvalue weighted by molar-refractivity contribution is 0.470. The first kappa shape index (κ1) is 11.3. The van der Waals surface area contributed by atoms with E-state index in [-0.39, 0.29) is 12.4 Å². The van der Waals surface area contributed by atoms with E-state index in [0.717, 1.165) is 12.1 Å². The smallest absolute Gasteiger partial charge is 0.118 e. The Balaban J connectivity index is 0.000000980. The monoisotopic (exact) mass is 213 g/mol. The lowest BCUT2D eigenvalue weighted by atomic mass is 10.0. The van der Waals surface area contributed by atoms with E-state index < -0.39 is 0 Å². The van der Waals surface area contributed by atoms with Crippen molar-refractivity contribution in [2.45, 2.75) is 25.8 Å². The molecule has 14 heavy (non-hydrogen) atoms. The fourth-order valence-corrected chi connectivity index (χ4v) is 1.86. The summed E-state index contributed by atoms with van der Waals surface area (Å²) in [6.07, 6.45) is 2.47. The maximum absolute atomic E-state index is 9.37. The highest BCUT2D eigenvalue weighted by molar-refractivity contribution is 5.85. The first-order chi connectivity index (χ1) is 6.27. The van der Waals surface area contributed by atoms with Crippen molar-refractivity contribution in [1.29, 1.82) is 0 Å². The van der Waals surface area contributed by atoms with Crippen molar-refractivity contribution < 1.29 is 5.11 Å². The summed E-state index contributed by atoms with van der Waals surface area (Å²) in [7, 11) is 0. The molecule has 1 aromatic carbocycles. The van der Waals surface area contributed by atoms with Crippen molar-refractivity contribution in [2.75, 3.05) is 6.54 Å². The predicted octanol–water partition coefficient (Wildman–Crippen LogP) is 2.55.